The van der Waals surface area contributed by atoms with Crippen molar-refractivity contribution >= 4 is 6.09 Å². The molecule has 0 unspecified atom stereocenters. The summed E-state index contributed by atoms with van der Waals surface area (Å²) in [6.45, 7) is -0.403. The summed E-state index contributed by atoms with van der Waals surface area (Å²) in [7, 11) is 4.07. The molecule has 126 valence electrons. The Bertz CT molecular complexity index is 605. The van der Waals surface area contributed by atoms with Crippen LogP contribution in [0.5, 0.6) is 11.5 Å². The maximum absolute atomic E-state index is 12.1. The molecule has 0 fully saturated rings. The molecule has 0 N–H and O–H groups in total. The maximum Gasteiger partial charge on any atom is 0.457 e. The van der Waals surface area contributed by atoms with Crippen LogP contribution in [-0.2, 0) is 11.3 Å². The van der Waals surface area contributed by atoms with Gasteiger partial charge in [-0.1, -0.05) is 12.0 Å². The molecule has 0 saturated heterocycles. The highest BCUT2D eigenvalue weighted by atomic mass is 19.4. The van der Waals surface area contributed by atoms with E-state index in [0.29, 0.717) is 17.1 Å². The third-order valence-electron chi connectivity index (χ3n) is 2.75. The maximum atomic E-state index is 12.1. The van der Waals surface area contributed by atoms with Gasteiger partial charge in [-0.05, 0) is 17.7 Å². The molecule has 1 amide bonds. The molecule has 0 aliphatic rings. The van der Waals surface area contributed by atoms with E-state index in [1.165, 1.54) is 14.2 Å². The molecule has 0 aromatic heterocycles. The number of methoxy groups -OCH3 is 3. The second kappa shape index (κ2) is 8.17. The molecule has 23 heavy (non-hydrogen) atoms. The number of amides is 1. The SMILES string of the molecule is COC(=O)N(CC#CC(F)(F)F)Cc1ccc(OC)c(OC)c1. The van der Waals surface area contributed by atoms with Crippen molar-refractivity contribution < 1.29 is 32.2 Å². The van der Waals surface area contributed by atoms with Crippen molar-refractivity contribution in [3.8, 4) is 23.3 Å². The second-order valence-electron chi connectivity index (χ2n) is 4.31. The summed E-state index contributed by atoms with van der Waals surface area (Å²) in [6.07, 6.45) is -5.39. The zero-order chi connectivity index (χ0) is 17.5. The van der Waals surface area contributed by atoms with E-state index in [-0.39, 0.29) is 6.54 Å². The molecular weight excluding hydrogens is 315 g/mol. The molecule has 1 aromatic rings. The van der Waals surface area contributed by atoms with E-state index in [0.717, 1.165) is 17.9 Å². The van der Waals surface area contributed by atoms with Crippen molar-refractivity contribution in [1.82, 2.24) is 4.90 Å². The molecule has 0 aliphatic carbocycles. The normalized spacial score (nSPS) is 10.3. The lowest BCUT2D eigenvalue weighted by Crippen LogP contribution is -2.31. The van der Waals surface area contributed by atoms with Gasteiger partial charge in [0.25, 0.3) is 0 Å². The van der Waals surface area contributed by atoms with Crippen molar-refractivity contribution in [3.05, 3.63) is 23.8 Å². The monoisotopic (exact) mass is 331 g/mol. The summed E-state index contributed by atoms with van der Waals surface area (Å²) in [5, 5.41) is 0. The predicted molar refractivity (Wildman–Crippen MR) is 76.2 cm³/mol. The summed E-state index contributed by atoms with van der Waals surface area (Å²) in [5.74, 6) is 3.96. The van der Waals surface area contributed by atoms with Crippen molar-refractivity contribution in [1.29, 1.82) is 0 Å². The highest BCUT2D eigenvalue weighted by molar-refractivity contribution is 5.68. The average Bonchev–Trinajstić information content (AvgIpc) is 2.51. The molecule has 0 bridgehead atoms. The highest BCUT2D eigenvalue weighted by Crippen LogP contribution is 2.28. The van der Waals surface area contributed by atoms with Crippen LogP contribution in [0.25, 0.3) is 0 Å². The highest BCUT2D eigenvalue weighted by Gasteiger charge is 2.23. The third kappa shape index (κ3) is 5.98. The van der Waals surface area contributed by atoms with Crippen LogP contribution in [0.15, 0.2) is 18.2 Å². The van der Waals surface area contributed by atoms with E-state index in [1.807, 2.05) is 5.92 Å². The molecule has 0 spiro atoms. The van der Waals surface area contributed by atoms with Crippen LogP contribution in [0.1, 0.15) is 5.56 Å². The number of hydrogen-bond acceptors (Lipinski definition) is 4. The van der Waals surface area contributed by atoms with E-state index >= 15 is 0 Å². The molecule has 8 heteroatoms. The third-order valence-corrected chi connectivity index (χ3v) is 2.75. The summed E-state index contributed by atoms with van der Waals surface area (Å²) < 4.78 is 51.0. The van der Waals surface area contributed by atoms with Crippen LogP contribution in [0.3, 0.4) is 0 Å². The standard InChI is InChI=1S/C15H16F3NO4/c1-21-12-6-5-11(9-13(12)22-2)10-19(14(20)23-3)8-4-7-15(16,17)18/h5-6,9H,8,10H2,1-3H3. The van der Waals surface area contributed by atoms with E-state index < -0.39 is 18.8 Å². The van der Waals surface area contributed by atoms with Crippen LogP contribution < -0.4 is 9.47 Å². The van der Waals surface area contributed by atoms with E-state index in [1.54, 1.807) is 18.2 Å². The lowest BCUT2D eigenvalue weighted by molar-refractivity contribution is -0.0698. The average molecular weight is 331 g/mol. The van der Waals surface area contributed by atoms with Gasteiger partial charge in [-0.15, -0.1) is 0 Å². The molecule has 0 heterocycles. The zero-order valence-corrected chi connectivity index (χ0v) is 12.9. The van der Waals surface area contributed by atoms with Crippen molar-refractivity contribution in [3.63, 3.8) is 0 Å². The molecule has 0 radical (unpaired) electrons. The lowest BCUT2D eigenvalue weighted by atomic mass is 10.2. The first-order valence-corrected chi connectivity index (χ1v) is 6.41. The molecular formula is C15H16F3NO4. The second-order valence-corrected chi connectivity index (χ2v) is 4.31. The fraction of sp³-hybridized carbons (Fsp3) is 0.400. The quantitative estimate of drug-likeness (QED) is 0.779. The van der Waals surface area contributed by atoms with Gasteiger partial charge >= 0.3 is 12.3 Å². The van der Waals surface area contributed by atoms with Crippen LogP contribution >= 0.6 is 0 Å². The minimum atomic E-state index is -4.61. The van der Waals surface area contributed by atoms with Crippen LogP contribution in [0.2, 0.25) is 0 Å². The summed E-state index contributed by atoms with van der Waals surface area (Å²) in [4.78, 5) is 12.7. The van der Waals surface area contributed by atoms with Gasteiger partial charge in [-0.3, -0.25) is 4.90 Å². The van der Waals surface area contributed by atoms with Crippen molar-refractivity contribution in [2.45, 2.75) is 12.7 Å². The van der Waals surface area contributed by atoms with Gasteiger partial charge in [0.1, 0.15) is 0 Å². The number of alkyl halides is 3. The Balaban J connectivity index is 2.93. The molecule has 5 nitrogen and oxygen atoms in total. The summed E-state index contributed by atoms with van der Waals surface area (Å²) in [6, 6.07) is 4.91. The smallest absolute Gasteiger partial charge is 0.457 e. The van der Waals surface area contributed by atoms with Crippen LogP contribution in [-0.4, -0.2) is 45.0 Å². The Morgan fingerprint density at radius 3 is 2.35 bits per heavy atom. The zero-order valence-electron chi connectivity index (χ0n) is 12.9. The minimum absolute atomic E-state index is 0.0135. The van der Waals surface area contributed by atoms with Crippen molar-refractivity contribution in [2.75, 3.05) is 27.9 Å². The Morgan fingerprint density at radius 1 is 1.17 bits per heavy atom. The fourth-order valence-corrected chi connectivity index (χ4v) is 1.75. The Hall–Kier alpha value is -2.56. The van der Waals surface area contributed by atoms with Crippen LogP contribution in [0, 0.1) is 11.8 Å². The van der Waals surface area contributed by atoms with Gasteiger partial charge in [0, 0.05) is 5.92 Å². The van der Waals surface area contributed by atoms with Gasteiger partial charge in [-0.2, -0.15) is 13.2 Å². The van der Waals surface area contributed by atoms with E-state index in [4.69, 9.17) is 9.47 Å². The lowest BCUT2D eigenvalue weighted by Gasteiger charge is -2.19. The Labute approximate surface area is 131 Å². The topological polar surface area (TPSA) is 48.0 Å². The number of carbonyl (C=O) groups is 1. The molecule has 1 aromatic carbocycles. The number of halogens is 3. The number of hydrogen-bond donors (Lipinski definition) is 0. The van der Waals surface area contributed by atoms with Gasteiger partial charge in [0.05, 0.1) is 34.4 Å². The fourth-order valence-electron chi connectivity index (χ4n) is 1.75. The first kappa shape index (κ1) is 18.5. The number of carbonyl (C=O) groups excluding carboxylic acids is 1. The molecule has 1 rings (SSSR count). The van der Waals surface area contributed by atoms with Gasteiger partial charge in [0.2, 0.25) is 0 Å². The first-order valence-electron chi connectivity index (χ1n) is 6.41. The number of ether oxygens (including phenoxy) is 3. The van der Waals surface area contributed by atoms with Gasteiger partial charge in [0.15, 0.2) is 11.5 Å². The summed E-state index contributed by atoms with van der Waals surface area (Å²) in [5.41, 5.74) is 0.627. The summed E-state index contributed by atoms with van der Waals surface area (Å²) >= 11 is 0. The van der Waals surface area contributed by atoms with Crippen molar-refractivity contribution in [2.24, 2.45) is 0 Å². The molecule has 0 atom stereocenters. The predicted octanol–water partition coefficient (Wildman–Crippen LogP) is 2.84. The molecule has 0 aliphatic heterocycles. The van der Waals surface area contributed by atoms with E-state index in [2.05, 4.69) is 4.74 Å². The Morgan fingerprint density at radius 2 is 1.83 bits per heavy atom. The van der Waals surface area contributed by atoms with Gasteiger partial charge in [-0.25, -0.2) is 4.79 Å². The van der Waals surface area contributed by atoms with Crippen LogP contribution in [0.4, 0.5) is 18.0 Å². The number of nitrogens with zero attached hydrogens (tertiary/aromatic N) is 1. The minimum Gasteiger partial charge on any atom is -0.493 e. The number of benzene rings is 1. The van der Waals surface area contributed by atoms with Gasteiger partial charge < -0.3 is 14.2 Å². The largest absolute Gasteiger partial charge is 0.493 e. The Kier molecular flexibility index (Phi) is 6.57. The molecule has 0 saturated carbocycles. The number of rotatable bonds is 5. The first-order chi connectivity index (χ1) is 10.8. The van der Waals surface area contributed by atoms with E-state index in [9.17, 15) is 18.0 Å².